The summed E-state index contributed by atoms with van der Waals surface area (Å²) in [6.07, 6.45) is 3.62. The molecule has 2 saturated heterocycles. The predicted octanol–water partition coefficient (Wildman–Crippen LogP) is 3.33. The summed E-state index contributed by atoms with van der Waals surface area (Å²) < 4.78 is 27.9. The first kappa shape index (κ1) is 13.7. The monoisotopic (exact) mass is 279 g/mol. The van der Waals surface area contributed by atoms with Crippen molar-refractivity contribution in [3.8, 4) is 0 Å². The van der Waals surface area contributed by atoms with Crippen LogP contribution in [0.4, 0.5) is 8.78 Å². The van der Waals surface area contributed by atoms with Gasteiger partial charge in [-0.3, -0.25) is 4.79 Å². The van der Waals surface area contributed by atoms with Crippen LogP contribution >= 0.6 is 0 Å². The highest BCUT2D eigenvalue weighted by molar-refractivity contribution is 5.98. The zero-order valence-corrected chi connectivity index (χ0v) is 11.8. The highest BCUT2D eigenvalue weighted by atomic mass is 19.1. The summed E-state index contributed by atoms with van der Waals surface area (Å²) in [5.41, 5.74) is -0.00963. The maximum absolute atomic E-state index is 14.1. The molecule has 108 valence electrons. The van der Waals surface area contributed by atoms with E-state index in [0.29, 0.717) is 17.6 Å². The van der Waals surface area contributed by atoms with Crippen molar-refractivity contribution in [2.75, 3.05) is 7.05 Å². The molecule has 2 nitrogen and oxygen atoms in total. The molecular formula is C16H19F2NO. The van der Waals surface area contributed by atoms with Crippen LogP contribution in [0.3, 0.4) is 0 Å². The number of hydrogen-bond acceptors (Lipinski definition) is 2. The van der Waals surface area contributed by atoms with Crippen LogP contribution in [0.15, 0.2) is 12.1 Å². The number of rotatable bonds is 2. The molecule has 0 aliphatic carbocycles. The van der Waals surface area contributed by atoms with Crippen molar-refractivity contribution in [2.45, 2.75) is 44.7 Å². The number of carbonyl (C=O) groups excluding carboxylic acids is 1. The zero-order valence-electron chi connectivity index (χ0n) is 11.8. The molecule has 0 spiro atoms. The molecule has 0 aromatic heterocycles. The number of fused-ring (bicyclic) bond motifs is 2. The second kappa shape index (κ2) is 4.92. The Morgan fingerprint density at radius 1 is 1.20 bits per heavy atom. The number of nitrogens with zero attached hydrogens (tertiary/aromatic N) is 1. The molecule has 2 fully saturated rings. The first-order chi connectivity index (χ1) is 9.49. The Balaban J connectivity index is 1.89. The van der Waals surface area contributed by atoms with E-state index >= 15 is 0 Å². The summed E-state index contributed by atoms with van der Waals surface area (Å²) in [7, 11) is 2.08. The minimum absolute atomic E-state index is 0.241. The first-order valence-corrected chi connectivity index (χ1v) is 7.19. The summed E-state index contributed by atoms with van der Waals surface area (Å²) in [6.45, 7) is 1.56. The number of aryl methyl sites for hydroxylation is 1. The van der Waals surface area contributed by atoms with Crippen molar-refractivity contribution in [1.82, 2.24) is 4.90 Å². The van der Waals surface area contributed by atoms with Crippen molar-refractivity contribution < 1.29 is 13.6 Å². The Bertz CT molecular complexity index is 544. The molecule has 4 heteroatoms. The van der Waals surface area contributed by atoms with Crippen molar-refractivity contribution in [3.63, 3.8) is 0 Å². The van der Waals surface area contributed by atoms with E-state index in [0.717, 1.165) is 25.7 Å². The lowest BCUT2D eigenvalue weighted by Crippen LogP contribution is -2.42. The fourth-order valence-corrected chi connectivity index (χ4v) is 3.71. The Labute approximate surface area is 117 Å². The van der Waals surface area contributed by atoms with Gasteiger partial charge in [-0.25, -0.2) is 8.78 Å². The Hall–Kier alpha value is -1.29. The molecule has 0 amide bonds. The van der Waals surface area contributed by atoms with Gasteiger partial charge in [0.2, 0.25) is 0 Å². The van der Waals surface area contributed by atoms with Crippen molar-refractivity contribution in [2.24, 2.45) is 5.92 Å². The number of ketones is 1. The van der Waals surface area contributed by atoms with Gasteiger partial charge in [0.25, 0.3) is 0 Å². The largest absolute Gasteiger partial charge is 0.300 e. The molecule has 2 atom stereocenters. The lowest BCUT2D eigenvalue weighted by Gasteiger charge is -2.35. The van der Waals surface area contributed by atoms with Crippen LogP contribution in [0, 0.1) is 24.5 Å². The highest BCUT2D eigenvalue weighted by Crippen LogP contribution is 2.39. The third-order valence-corrected chi connectivity index (χ3v) is 5.00. The van der Waals surface area contributed by atoms with Crippen LogP contribution in [-0.4, -0.2) is 29.8 Å². The third kappa shape index (κ3) is 2.06. The van der Waals surface area contributed by atoms with E-state index in [1.807, 2.05) is 0 Å². The quantitative estimate of drug-likeness (QED) is 0.774. The summed E-state index contributed by atoms with van der Waals surface area (Å²) in [5.74, 6) is -2.02. The normalized spacial score (nSPS) is 29.7. The van der Waals surface area contributed by atoms with Gasteiger partial charge in [-0.05, 0) is 51.3 Å². The topological polar surface area (TPSA) is 20.3 Å². The van der Waals surface area contributed by atoms with Crippen molar-refractivity contribution in [3.05, 3.63) is 34.9 Å². The van der Waals surface area contributed by atoms with Gasteiger partial charge in [0.15, 0.2) is 5.78 Å². The smallest absolute Gasteiger partial charge is 0.171 e. The third-order valence-electron chi connectivity index (χ3n) is 5.00. The van der Waals surface area contributed by atoms with Crippen LogP contribution in [0.2, 0.25) is 0 Å². The van der Waals surface area contributed by atoms with Gasteiger partial charge in [0.1, 0.15) is 11.6 Å². The molecule has 2 heterocycles. The molecule has 0 saturated carbocycles. The fraction of sp³-hybridized carbons (Fsp3) is 0.562. The van der Waals surface area contributed by atoms with E-state index in [-0.39, 0.29) is 17.3 Å². The van der Waals surface area contributed by atoms with Crippen molar-refractivity contribution in [1.29, 1.82) is 0 Å². The number of halogens is 2. The van der Waals surface area contributed by atoms with Gasteiger partial charge in [0.05, 0.1) is 5.56 Å². The minimum Gasteiger partial charge on any atom is -0.300 e. The van der Waals surface area contributed by atoms with E-state index in [2.05, 4.69) is 11.9 Å². The Morgan fingerprint density at radius 3 is 2.40 bits per heavy atom. The van der Waals surface area contributed by atoms with Gasteiger partial charge in [0, 0.05) is 18.0 Å². The van der Waals surface area contributed by atoms with E-state index in [1.165, 1.54) is 12.1 Å². The van der Waals surface area contributed by atoms with E-state index in [1.54, 1.807) is 6.92 Å². The minimum atomic E-state index is -0.732. The predicted molar refractivity (Wildman–Crippen MR) is 72.7 cm³/mol. The van der Waals surface area contributed by atoms with E-state index < -0.39 is 11.6 Å². The molecule has 2 unspecified atom stereocenters. The van der Waals surface area contributed by atoms with E-state index in [4.69, 9.17) is 0 Å². The SMILES string of the molecule is Cc1ccc(F)c(C(=O)C2CC3CCC(C2)N3C)c1F. The van der Waals surface area contributed by atoms with Gasteiger partial charge in [-0.2, -0.15) is 0 Å². The summed E-state index contributed by atoms with van der Waals surface area (Å²) >= 11 is 0. The standard InChI is InChI=1S/C16H19F2NO/c1-9-3-6-13(17)14(15(9)18)16(20)10-7-11-4-5-12(8-10)19(11)2/h3,6,10-12H,4-5,7-8H2,1-2H3. The summed E-state index contributed by atoms with van der Waals surface area (Å²) in [6, 6.07) is 3.34. The van der Waals surface area contributed by atoms with Gasteiger partial charge < -0.3 is 4.90 Å². The molecule has 20 heavy (non-hydrogen) atoms. The van der Waals surface area contributed by atoms with Crippen LogP contribution in [0.5, 0.6) is 0 Å². The molecule has 2 bridgehead atoms. The lowest BCUT2D eigenvalue weighted by molar-refractivity contribution is 0.0758. The Kier molecular flexibility index (Phi) is 3.36. The first-order valence-electron chi connectivity index (χ1n) is 7.19. The van der Waals surface area contributed by atoms with Gasteiger partial charge >= 0.3 is 0 Å². The molecular weight excluding hydrogens is 260 g/mol. The van der Waals surface area contributed by atoms with Gasteiger partial charge in [-0.15, -0.1) is 0 Å². The van der Waals surface area contributed by atoms with E-state index in [9.17, 15) is 13.6 Å². The van der Waals surface area contributed by atoms with Crippen LogP contribution in [0.1, 0.15) is 41.6 Å². The van der Waals surface area contributed by atoms with Gasteiger partial charge in [-0.1, -0.05) is 6.07 Å². The zero-order chi connectivity index (χ0) is 14.4. The number of benzene rings is 1. The molecule has 1 aromatic rings. The van der Waals surface area contributed by atoms with Crippen molar-refractivity contribution >= 4 is 5.78 Å². The average Bonchev–Trinajstić information content (AvgIpc) is 2.66. The highest BCUT2D eigenvalue weighted by Gasteiger charge is 2.42. The number of Topliss-reactive ketones (excluding diaryl/α,β-unsaturated/α-hetero) is 1. The van der Waals surface area contributed by atoms with Crippen LogP contribution < -0.4 is 0 Å². The summed E-state index contributed by atoms with van der Waals surface area (Å²) in [5, 5.41) is 0. The van der Waals surface area contributed by atoms with Crippen LogP contribution in [0.25, 0.3) is 0 Å². The molecule has 0 radical (unpaired) electrons. The second-order valence-corrected chi connectivity index (χ2v) is 6.14. The van der Waals surface area contributed by atoms with Crippen LogP contribution in [-0.2, 0) is 0 Å². The lowest BCUT2D eigenvalue weighted by atomic mass is 9.84. The average molecular weight is 279 g/mol. The maximum atomic E-state index is 14.1. The molecule has 0 N–H and O–H groups in total. The maximum Gasteiger partial charge on any atom is 0.171 e. The molecule has 1 aromatic carbocycles. The number of carbonyl (C=O) groups is 1. The second-order valence-electron chi connectivity index (χ2n) is 6.14. The number of piperidine rings is 1. The summed E-state index contributed by atoms with van der Waals surface area (Å²) in [4.78, 5) is 14.8. The fourth-order valence-electron chi connectivity index (χ4n) is 3.71. The molecule has 2 aliphatic heterocycles. The molecule has 2 aliphatic rings. The number of hydrogen-bond donors (Lipinski definition) is 0. The Morgan fingerprint density at radius 2 is 1.80 bits per heavy atom. The molecule has 3 rings (SSSR count).